The maximum Gasteiger partial charge on any atom is 0.222 e. The van der Waals surface area contributed by atoms with Gasteiger partial charge in [-0.2, -0.15) is 0 Å². The lowest BCUT2D eigenvalue weighted by Gasteiger charge is -2.36. The maximum atomic E-state index is 11.7. The van der Waals surface area contributed by atoms with Crippen molar-refractivity contribution in [3.05, 3.63) is 18.2 Å². The summed E-state index contributed by atoms with van der Waals surface area (Å²) in [5, 5.41) is 0. The van der Waals surface area contributed by atoms with E-state index in [2.05, 4.69) is 11.0 Å². The van der Waals surface area contributed by atoms with Gasteiger partial charge < -0.3 is 19.3 Å². The summed E-state index contributed by atoms with van der Waals surface area (Å²) in [6, 6.07) is 6.06. The molecule has 0 unspecified atom stereocenters. The number of nitrogens with zero attached hydrogens (tertiary/aromatic N) is 2. The summed E-state index contributed by atoms with van der Waals surface area (Å²) < 4.78 is 11.1. The van der Waals surface area contributed by atoms with Crippen LogP contribution in [-0.2, 0) is 4.79 Å². The average molecular weight is 276 g/mol. The van der Waals surface area contributed by atoms with Crippen molar-refractivity contribution in [2.75, 3.05) is 44.3 Å². The van der Waals surface area contributed by atoms with E-state index in [9.17, 15) is 4.79 Å². The quantitative estimate of drug-likeness (QED) is 0.821. The predicted molar refractivity (Wildman–Crippen MR) is 76.5 cm³/mol. The van der Waals surface area contributed by atoms with E-state index in [0.717, 1.165) is 43.4 Å². The Labute approximate surface area is 119 Å². The van der Waals surface area contributed by atoms with Gasteiger partial charge in [-0.3, -0.25) is 4.79 Å². The van der Waals surface area contributed by atoms with Gasteiger partial charge in [0.2, 0.25) is 5.91 Å². The zero-order valence-electron chi connectivity index (χ0n) is 11.8. The van der Waals surface area contributed by atoms with Gasteiger partial charge in [0.1, 0.15) is 13.2 Å². The normalized spacial score (nSPS) is 18.1. The third-order valence-electron chi connectivity index (χ3n) is 3.83. The van der Waals surface area contributed by atoms with E-state index in [4.69, 9.17) is 9.47 Å². The number of hydrogen-bond acceptors (Lipinski definition) is 4. The highest BCUT2D eigenvalue weighted by Crippen LogP contribution is 2.34. The Balaban J connectivity index is 1.67. The summed E-state index contributed by atoms with van der Waals surface area (Å²) in [5.41, 5.74) is 1.14. The molecule has 0 spiro atoms. The highest BCUT2D eigenvalue weighted by molar-refractivity contribution is 5.76. The largest absolute Gasteiger partial charge is 0.486 e. The molecule has 1 saturated heterocycles. The molecule has 1 aromatic carbocycles. The zero-order chi connectivity index (χ0) is 13.9. The van der Waals surface area contributed by atoms with E-state index >= 15 is 0 Å². The first-order chi connectivity index (χ1) is 9.78. The van der Waals surface area contributed by atoms with Crippen LogP contribution in [0, 0.1) is 0 Å². The van der Waals surface area contributed by atoms with Gasteiger partial charge in [-0.25, -0.2) is 0 Å². The van der Waals surface area contributed by atoms with E-state index < -0.39 is 0 Å². The van der Waals surface area contributed by atoms with Crippen LogP contribution in [0.4, 0.5) is 5.69 Å². The van der Waals surface area contributed by atoms with Crippen molar-refractivity contribution in [2.45, 2.75) is 13.3 Å². The number of amides is 1. The molecule has 3 rings (SSSR count). The number of carbonyl (C=O) groups excluding carboxylic acids is 1. The van der Waals surface area contributed by atoms with Crippen molar-refractivity contribution in [2.24, 2.45) is 0 Å². The molecule has 0 N–H and O–H groups in total. The number of benzene rings is 1. The Morgan fingerprint density at radius 2 is 1.80 bits per heavy atom. The Bertz CT molecular complexity index is 496. The topological polar surface area (TPSA) is 42.0 Å². The average Bonchev–Trinajstić information content (AvgIpc) is 2.54. The monoisotopic (exact) mass is 276 g/mol. The summed E-state index contributed by atoms with van der Waals surface area (Å²) in [7, 11) is 0. The molecule has 1 aromatic rings. The van der Waals surface area contributed by atoms with E-state index in [1.807, 2.05) is 24.0 Å². The summed E-state index contributed by atoms with van der Waals surface area (Å²) in [6.07, 6.45) is 0.587. The fraction of sp³-hybridized carbons (Fsp3) is 0.533. The Morgan fingerprint density at radius 3 is 2.50 bits per heavy atom. The van der Waals surface area contributed by atoms with Gasteiger partial charge in [-0.1, -0.05) is 6.92 Å². The summed E-state index contributed by atoms with van der Waals surface area (Å²) >= 11 is 0. The standard InChI is InChI=1S/C15H20N2O3/c1-2-15(18)17-7-5-16(6-8-17)12-3-4-13-14(11-12)20-10-9-19-13/h3-4,11H,2,5-10H2,1H3. The highest BCUT2D eigenvalue weighted by Gasteiger charge is 2.21. The number of ether oxygens (including phenoxy) is 2. The van der Waals surface area contributed by atoms with Gasteiger partial charge in [0.25, 0.3) is 0 Å². The van der Waals surface area contributed by atoms with Crippen LogP contribution >= 0.6 is 0 Å². The molecular weight excluding hydrogens is 256 g/mol. The van der Waals surface area contributed by atoms with Gasteiger partial charge in [-0.05, 0) is 12.1 Å². The molecule has 5 heteroatoms. The minimum atomic E-state index is 0.242. The second kappa shape index (κ2) is 5.61. The lowest BCUT2D eigenvalue weighted by atomic mass is 10.2. The number of rotatable bonds is 2. The van der Waals surface area contributed by atoms with Crippen LogP contribution in [0.15, 0.2) is 18.2 Å². The van der Waals surface area contributed by atoms with Gasteiger partial charge >= 0.3 is 0 Å². The number of hydrogen-bond donors (Lipinski definition) is 0. The smallest absolute Gasteiger partial charge is 0.222 e. The minimum absolute atomic E-state index is 0.242. The lowest BCUT2D eigenvalue weighted by Crippen LogP contribution is -2.48. The first-order valence-electron chi connectivity index (χ1n) is 7.20. The molecule has 2 aliphatic rings. The molecule has 0 atom stereocenters. The Hall–Kier alpha value is -1.91. The number of carbonyl (C=O) groups is 1. The van der Waals surface area contributed by atoms with Crippen molar-refractivity contribution in [3.8, 4) is 11.5 Å². The Morgan fingerprint density at radius 1 is 1.10 bits per heavy atom. The third kappa shape index (κ3) is 2.53. The molecule has 1 fully saturated rings. The van der Waals surface area contributed by atoms with Crippen LogP contribution in [0.2, 0.25) is 0 Å². The fourth-order valence-corrected chi connectivity index (χ4v) is 2.67. The predicted octanol–water partition coefficient (Wildman–Crippen LogP) is 1.52. The van der Waals surface area contributed by atoms with Gasteiger partial charge in [-0.15, -0.1) is 0 Å². The van der Waals surface area contributed by atoms with Gasteiger partial charge in [0.15, 0.2) is 11.5 Å². The molecule has 5 nitrogen and oxygen atoms in total. The third-order valence-corrected chi connectivity index (χ3v) is 3.83. The van der Waals surface area contributed by atoms with E-state index in [-0.39, 0.29) is 5.91 Å². The maximum absolute atomic E-state index is 11.7. The molecule has 108 valence electrons. The van der Waals surface area contributed by atoms with Gasteiger partial charge in [0, 0.05) is 44.4 Å². The van der Waals surface area contributed by atoms with Gasteiger partial charge in [0.05, 0.1) is 0 Å². The van der Waals surface area contributed by atoms with E-state index in [1.165, 1.54) is 0 Å². The summed E-state index contributed by atoms with van der Waals surface area (Å²) in [5.74, 6) is 1.88. The van der Waals surface area contributed by atoms with Crippen molar-refractivity contribution in [1.82, 2.24) is 4.90 Å². The number of piperazine rings is 1. The van der Waals surface area contributed by atoms with Crippen LogP contribution < -0.4 is 14.4 Å². The van der Waals surface area contributed by atoms with E-state index in [0.29, 0.717) is 19.6 Å². The second-order valence-electron chi connectivity index (χ2n) is 5.05. The first-order valence-corrected chi connectivity index (χ1v) is 7.20. The summed E-state index contributed by atoms with van der Waals surface area (Å²) in [4.78, 5) is 15.9. The molecule has 0 radical (unpaired) electrons. The molecule has 0 aliphatic carbocycles. The summed E-state index contributed by atoms with van der Waals surface area (Å²) in [6.45, 7) is 6.45. The minimum Gasteiger partial charge on any atom is -0.486 e. The molecule has 2 heterocycles. The van der Waals surface area contributed by atoms with Crippen LogP contribution in [0.5, 0.6) is 11.5 Å². The molecule has 2 aliphatic heterocycles. The lowest BCUT2D eigenvalue weighted by molar-refractivity contribution is -0.131. The molecule has 0 bridgehead atoms. The molecular formula is C15H20N2O3. The van der Waals surface area contributed by atoms with Crippen LogP contribution in [-0.4, -0.2) is 50.2 Å². The van der Waals surface area contributed by atoms with Crippen LogP contribution in [0.3, 0.4) is 0 Å². The highest BCUT2D eigenvalue weighted by atomic mass is 16.6. The number of anilines is 1. The fourth-order valence-electron chi connectivity index (χ4n) is 2.67. The zero-order valence-corrected chi connectivity index (χ0v) is 11.8. The first kappa shape index (κ1) is 13.1. The van der Waals surface area contributed by atoms with Crippen LogP contribution in [0.1, 0.15) is 13.3 Å². The van der Waals surface area contributed by atoms with Crippen molar-refractivity contribution in [1.29, 1.82) is 0 Å². The van der Waals surface area contributed by atoms with E-state index in [1.54, 1.807) is 0 Å². The molecule has 1 amide bonds. The molecule has 20 heavy (non-hydrogen) atoms. The second-order valence-corrected chi connectivity index (χ2v) is 5.05. The Kier molecular flexibility index (Phi) is 3.67. The molecule has 0 aromatic heterocycles. The van der Waals surface area contributed by atoms with Crippen molar-refractivity contribution >= 4 is 11.6 Å². The van der Waals surface area contributed by atoms with Crippen LogP contribution in [0.25, 0.3) is 0 Å². The molecule has 0 saturated carbocycles. The number of fused-ring (bicyclic) bond motifs is 1. The van der Waals surface area contributed by atoms with Crippen molar-refractivity contribution in [3.63, 3.8) is 0 Å². The SMILES string of the molecule is CCC(=O)N1CCN(c2ccc3c(c2)OCCO3)CC1. The van der Waals surface area contributed by atoms with Crippen molar-refractivity contribution < 1.29 is 14.3 Å².